The summed E-state index contributed by atoms with van der Waals surface area (Å²) >= 11 is 1.76. The minimum atomic E-state index is -0.842. The van der Waals surface area contributed by atoms with Gasteiger partial charge in [0.1, 0.15) is 22.7 Å². The molecule has 4 nitrogen and oxygen atoms in total. The molecule has 0 radical (unpaired) electrons. The van der Waals surface area contributed by atoms with E-state index in [9.17, 15) is 0 Å². The standard InChI is InChI=1S/C66H46N2O2S/c1-65(2)52-30-16-17-31-55(52)68(56-39-35-47(41-54(56)65)67(45-25-11-5-12-26-45)46-27-13-6-14-28-46)57-42-53-49(64-62(57)50-29-15-18-32-58(50)69-64)37-36-48-51(38-40-61-63(48)70-59-33-19-20-34-60(59)71-61)66(53,43-21-7-3-8-22-43)44-23-9-4-10-24-44/h3-42H,1-2H3. The second-order valence-electron chi connectivity index (χ2n) is 19.2. The van der Waals surface area contributed by atoms with Crippen LogP contribution < -0.4 is 14.5 Å². The van der Waals surface area contributed by atoms with Gasteiger partial charge in [-0.3, -0.25) is 0 Å². The van der Waals surface area contributed by atoms with Gasteiger partial charge in [0.2, 0.25) is 0 Å². The van der Waals surface area contributed by atoms with Crippen molar-refractivity contribution in [2.75, 3.05) is 9.80 Å². The zero-order valence-electron chi connectivity index (χ0n) is 39.2. The van der Waals surface area contributed by atoms with Crippen LogP contribution in [0.5, 0.6) is 11.5 Å². The maximum atomic E-state index is 7.31. The van der Waals surface area contributed by atoms with Crippen molar-refractivity contribution in [3.63, 3.8) is 0 Å². The first-order chi connectivity index (χ1) is 35.0. The number of hydrogen-bond acceptors (Lipinski definition) is 5. The molecule has 3 aliphatic rings. The highest BCUT2D eigenvalue weighted by molar-refractivity contribution is 7.99. The Kier molecular flexibility index (Phi) is 9.36. The predicted octanol–water partition coefficient (Wildman–Crippen LogP) is 18.3. The second-order valence-corrected chi connectivity index (χ2v) is 20.2. The van der Waals surface area contributed by atoms with Crippen molar-refractivity contribution in [3.8, 4) is 11.5 Å². The van der Waals surface area contributed by atoms with Gasteiger partial charge in [0, 0.05) is 39.0 Å². The zero-order chi connectivity index (χ0) is 47.3. The molecule has 71 heavy (non-hydrogen) atoms. The number of benzene rings is 10. The third-order valence-electron chi connectivity index (χ3n) is 15.0. The van der Waals surface area contributed by atoms with Crippen LogP contribution in [0.2, 0.25) is 0 Å². The van der Waals surface area contributed by atoms with Crippen molar-refractivity contribution in [1.82, 2.24) is 0 Å². The van der Waals surface area contributed by atoms with E-state index in [1.165, 1.54) is 11.1 Å². The van der Waals surface area contributed by atoms with Gasteiger partial charge in [-0.1, -0.05) is 189 Å². The maximum absolute atomic E-state index is 7.31. The van der Waals surface area contributed by atoms with Crippen LogP contribution >= 0.6 is 11.8 Å². The molecule has 0 unspecified atom stereocenters. The number of ether oxygens (including phenoxy) is 1. The molecule has 14 rings (SSSR count). The number of nitrogens with zero attached hydrogens (tertiary/aromatic N) is 2. The molecular formula is C66H46N2O2S. The Morgan fingerprint density at radius 3 is 1.79 bits per heavy atom. The average Bonchev–Trinajstić information content (AvgIpc) is 3.75. The van der Waals surface area contributed by atoms with E-state index in [0.717, 1.165) is 111 Å². The molecular weight excluding hydrogens is 885 g/mol. The van der Waals surface area contributed by atoms with Gasteiger partial charge < -0.3 is 19.0 Å². The molecule has 0 bridgehead atoms. The number of rotatable bonds is 6. The first-order valence-corrected chi connectivity index (χ1v) is 25.1. The molecule has 0 amide bonds. The minimum absolute atomic E-state index is 0.365. The van der Waals surface area contributed by atoms with Gasteiger partial charge in [-0.05, 0) is 112 Å². The molecule has 2 aliphatic heterocycles. The maximum Gasteiger partial charge on any atom is 0.148 e. The van der Waals surface area contributed by atoms with Crippen LogP contribution in [0.15, 0.2) is 245 Å². The van der Waals surface area contributed by atoms with E-state index in [1.54, 1.807) is 11.8 Å². The Morgan fingerprint density at radius 1 is 0.451 bits per heavy atom. The summed E-state index contributed by atoms with van der Waals surface area (Å²) in [5.41, 5.74) is 16.2. The van der Waals surface area contributed by atoms with Gasteiger partial charge >= 0.3 is 0 Å². The van der Waals surface area contributed by atoms with Gasteiger partial charge in [0.25, 0.3) is 0 Å². The van der Waals surface area contributed by atoms with Crippen LogP contribution in [0.1, 0.15) is 58.4 Å². The lowest BCUT2D eigenvalue weighted by Gasteiger charge is -2.44. The number of furan rings is 1. The molecule has 1 aliphatic carbocycles. The third-order valence-corrected chi connectivity index (χ3v) is 16.1. The van der Waals surface area contributed by atoms with Crippen molar-refractivity contribution in [2.45, 2.75) is 34.5 Å². The van der Waals surface area contributed by atoms with Gasteiger partial charge in [-0.2, -0.15) is 0 Å². The van der Waals surface area contributed by atoms with Crippen LogP contribution in [-0.4, -0.2) is 0 Å². The summed E-state index contributed by atoms with van der Waals surface area (Å²) in [6.07, 6.45) is 4.57. The van der Waals surface area contributed by atoms with Gasteiger partial charge in [0.15, 0.2) is 0 Å². The summed E-state index contributed by atoms with van der Waals surface area (Å²) in [4.78, 5) is 7.09. The molecule has 0 spiro atoms. The monoisotopic (exact) mass is 930 g/mol. The van der Waals surface area contributed by atoms with Crippen LogP contribution in [-0.2, 0) is 10.8 Å². The summed E-state index contributed by atoms with van der Waals surface area (Å²) in [6.45, 7) is 4.75. The van der Waals surface area contributed by atoms with Crippen molar-refractivity contribution < 1.29 is 9.15 Å². The summed E-state index contributed by atoms with van der Waals surface area (Å²) in [5.74, 6) is 1.73. The number of anilines is 6. The highest BCUT2D eigenvalue weighted by Gasteiger charge is 2.46. The van der Waals surface area contributed by atoms with Crippen LogP contribution in [0.4, 0.5) is 34.1 Å². The third kappa shape index (κ3) is 6.19. The molecule has 338 valence electrons. The van der Waals surface area contributed by atoms with Gasteiger partial charge in [-0.25, -0.2) is 0 Å². The smallest absolute Gasteiger partial charge is 0.148 e. The van der Waals surface area contributed by atoms with Crippen molar-refractivity contribution in [2.24, 2.45) is 0 Å². The molecule has 0 saturated carbocycles. The lowest BCUT2D eigenvalue weighted by atomic mass is 9.63. The molecule has 5 heteroatoms. The quantitative estimate of drug-likeness (QED) is 0.166. The van der Waals surface area contributed by atoms with E-state index in [0.29, 0.717) is 0 Å². The van der Waals surface area contributed by atoms with E-state index >= 15 is 0 Å². The Balaban J connectivity index is 1.10. The molecule has 0 fully saturated rings. The van der Waals surface area contributed by atoms with Crippen molar-refractivity contribution in [3.05, 3.63) is 275 Å². The van der Waals surface area contributed by atoms with Gasteiger partial charge in [-0.15, -0.1) is 0 Å². The first-order valence-electron chi connectivity index (χ1n) is 24.3. The zero-order valence-corrected chi connectivity index (χ0v) is 40.0. The summed E-state index contributed by atoms with van der Waals surface area (Å²) in [5, 5.41) is 2.13. The Labute approximate surface area is 417 Å². The number of para-hydroxylation sites is 5. The topological polar surface area (TPSA) is 28.9 Å². The van der Waals surface area contributed by atoms with Crippen molar-refractivity contribution in [1.29, 1.82) is 0 Å². The Bertz CT molecular complexity index is 3840. The SMILES string of the molecule is CC1(C)c2ccccc2N(c2cc3c(c4oc5ccccc5c24)C=Cc2c(ccc4c2Oc2ccccc2S4)C3(c2ccccc2)c2ccccc2)c2ccc(N(c3ccccc3)c3ccccc3)cc21. The lowest BCUT2D eigenvalue weighted by molar-refractivity contribution is 0.452. The van der Waals surface area contributed by atoms with Crippen LogP contribution in [0, 0.1) is 0 Å². The Morgan fingerprint density at radius 2 is 1.06 bits per heavy atom. The van der Waals surface area contributed by atoms with E-state index in [1.807, 2.05) is 0 Å². The molecule has 10 aromatic carbocycles. The van der Waals surface area contributed by atoms with Crippen LogP contribution in [0.3, 0.4) is 0 Å². The first kappa shape index (κ1) is 41.5. The normalized spacial score (nSPS) is 14.5. The van der Waals surface area contributed by atoms with Crippen LogP contribution in [0.25, 0.3) is 34.1 Å². The fraction of sp³-hybridized carbons (Fsp3) is 0.0606. The molecule has 0 atom stereocenters. The number of fused-ring (bicyclic) bond motifs is 11. The fourth-order valence-electron chi connectivity index (χ4n) is 11.8. The molecule has 3 heterocycles. The molecule has 1 aromatic heterocycles. The van der Waals surface area contributed by atoms with Crippen molar-refractivity contribution >= 4 is 80.0 Å². The molecule has 0 N–H and O–H groups in total. The number of hydrogen-bond donors (Lipinski definition) is 0. The van der Waals surface area contributed by atoms with E-state index in [4.69, 9.17) is 9.15 Å². The summed E-state index contributed by atoms with van der Waals surface area (Å²) in [7, 11) is 0. The highest BCUT2D eigenvalue weighted by atomic mass is 32.2. The summed E-state index contributed by atoms with van der Waals surface area (Å²) in [6, 6.07) is 83.5. The highest BCUT2D eigenvalue weighted by Crippen LogP contribution is 2.60. The molecule has 11 aromatic rings. The average molecular weight is 931 g/mol. The minimum Gasteiger partial charge on any atom is -0.455 e. The largest absolute Gasteiger partial charge is 0.455 e. The lowest BCUT2D eigenvalue weighted by Crippen LogP contribution is -2.33. The van der Waals surface area contributed by atoms with E-state index in [2.05, 4.69) is 266 Å². The van der Waals surface area contributed by atoms with E-state index < -0.39 is 5.41 Å². The van der Waals surface area contributed by atoms with Gasteiger partial charge in [0.05, 0.1) is 37.7 Å². The Hall–Kier alpha value is -8.51. The summed E-state index contributed by atoms with van der Waals surface area (Å²) < 4.78 is 14.3. The van der Waals surface area contributed by atoms with E-state index in [-0.39, 0.29) is 5.41 Å². The molecule has 0 saturated heterocycles. The predicted molar refractivity (Wildman–Crippen MR) is 293 cm³/mol. The fourth-order valence-corrected chi connectivity index (χ4v) is 12.8. The second kappa shape index (κ2) is 16.0.